The van der Waals surface area contributed by atoms with Gasteiger partial charge in [-0.2, -0.15) is 0 Å². The maximum Gasteiger partial charge on any atom is 0.303 e. The number of carbonyl (C=O) groups is 2. The molecule has 1 aromatic rings. The zero-order valence-corrected chi connectivity index (χ0v) is 11.0. The number of amides is 1. The molecule has 0 saturated heterocycles. The molecule has 1 aromatic carbocycles. The van der Waals surface area contributed by atoms with Crippen molar-refractivity contribution in [3.05, 3.63) is 29.3 Å². The van der Waals surface area contributed by atoms with Crippen molar-refractivity contribution in [1.29, 1.82) is 0 Å². The lowest BCUT2D eigenvalue weighted by molar-refractivity contribution is -0.137. The van der Waals surface area contributed by atoms with Crippen LogP contribution in [0.5, 0.6) is 5.75 Å². The molecule has 0 aliphatic rings. The Morgan fingerprint density at radius 3 is 2.58 bits per heavy atom. The first-order valence-corrected chi connectivity index (χ1v) is 6.30. The van der Waals surface area contributed by atoms with Crippen LogP contribution in [0, 0.1) is 6.92 Å². The Kier molecular flexibility index (Phi) is 5.85. The second-order valence-corrected chi connectivity index (χ2v) is 4.48. The first-order chi connectivity index (χ1) is 9.00. The number of rotatable bonds is 7. The zero-order chi connectivity index (χ0) is 14.3. The largest absolute Gasteiger partial charge is 0.507 e. The minimum absolute atomic E-state index is 0.0247. The fraction of sp³-hybridized carbons (Fsp3) is 0.429. The molecule has 19 heavy (non-hydrogen) atoms. The third-order valence-corrected chi connectivity index (χ3v) is 2.75. The number of hydrogen-bond acceptors (Lipinski definition) is 3. The van der Waals surface area contributed by atoms with E-state index in [2.05, 4.69) is 5.32 Å². The van der Waals surface area contributed by atoms with Crippen molar-refractivity contribution in [2.24, 2.45) is 0 Å². The third kappa shape index (κ3) is 5.42. The van der Waals surface area contributed by atoms with Crippen LogP contribution in [0.3, 0.4) is 0 Å². The Bertz CT molecular complexity index is 457. The van der Waals surface area contributed by atoms with Crippen LogP contribution in [-0.2, 0) is 4.79 Å². The molecular formula is C14H19NO4. The summed E-state index contributed by atoms with van der Waals surface area (Å²) < 4.78 is 0. The van der Waals surface area contributed by atoms with Crippen molar-refractivity contribution >= 4 is 11.9 Å². The minimum atomic E-state index is -0.798. The molecule has 3 N–H and O–H groups in total. The number of aliphatic carboxylic acids is 1. The highest BCUT2D eigenvalue weighted by atomic mass is 16.4. The van der Waals surface area contributed by atoms with Gasteiger partial charge in [0.05, 0.1) is 5.56 Å². The van der Waals surface area contributed by atoms with Crippen LogP contribution >= 0.6 is 0 Å². The van der Waals surface area contributed by atoms with E-state index in [1.54, 1.807) is 18.2 Å². The van der Waals surface area contributed by atoms with Crippen LogP contribution in [0.4, 0.5) is 0 Å². The average Bonchev–Trinajstić information content (AvgIpc) is 2.32. The van der Waals surface area contributed by atoms with Crippen molar-refractivity contribution in [2.45, 2.75) is 32.6 Å². The summed E-state index contributed by atoms with van der Waals surface area (Å²) in [5.74, 6) is -1.13. The van der Waals surface area contributed by atoms with Crippen LogP contribution < -0.4 is 5.32 Å². The Balaban J connectivity index is 2.29. The number of unbranched alkanes of at least 4 members (excludes halogenated alkanes) is 2. The molecule has 104 valence electrons. The number of benzene rings is 1. The highest BCUT2D eigenvalue weighted by Gasteiger charge is 2.09. The van der Waals surface area contributed by atoms with Gasteiger partial charge in [-0.3, -0.25) is 9.59 Å². The predicted octanol–water partition coefficient (Wildman–Crippen LogP) is 2.08. The first-order valence-electron chi connectivity index (χ1n) is 6.30. The Morgan fingerprint density at radius 1 is 1.21 bits per heavy atom. The minimum Gasteiger partial charge on any atom is -0.507 e. The molecule has 0 atom stereocenters. The van der Waals surface area contributed by atoms with Gasteiger partial charge in [0, 0.05) is 13.0 Å². The van der Waals surface area contributed by atoms with E-state index in [4.69, 9.17) is 5.11 Å². The summed E-state index contributed by atoms with van der Waals surface area (Å²) >= 11 is 0. The van der Waals surface area contributed by atoms with E-state index >= 15 is 0 Å². The van der Waals surface area contributed by atoms with E-state index in [1.807, 2.05) is 6.92 Å². The summed E-state index contributed by atoms with van der Waals surface area (Å²) in [6.07, 6.45) is 2.26. The molecule has 0 aliphatic carbocycles. The summed E-state index contributed by atoms with van der Waals surface area (Å²) in [7, 11) is 0. The first kappa shape index (κ1) is 15.0. The Labute approximate surface area is 112 Å². The number of aryl methyl sites for hydroxylation is 1. The number of carbonyl (C=O) groups excluding carboxylic acids is 1. The molecule has 5 nitrogen and oxygen atoms in total. The van der Waals surface area contributed by atoms with Crippen LogP contribution in [-0.4, -0.2) is 28.6 Å². The van der Waals surface area contributed by atoms with Gasteiger partial charge in [-0.1, -0.05) is 12.5 Å². The van der Waals surface area contributed by atoms with Crippen LogP contribution in [0.2, 0.25) is 0 Å². The summed E-state index contributed by atoms with van der Waals surface area (Å²) in [6.45, 7) is 2.32. The number of aromatic hydroxyl groups is 1. The SMILES string of the molecule is Cc1ccc(C(=O)NCCCCCC(=O)O)c(O)c1. The highest BCUT2D eigenvalue weighted by Crippen LogP contribution is 2.18. The monoisotopic (exact) mass is 265 g/mol. The lowest BCUT2D eigenvalue weighted by Crippen LogP contribution is -2.24. The average molecular weight is 265 g/mol. The number of phenols is 1. The predicted molar refractivity (Wildman–Crippen MR) is 71.3 cm³/mol. The molecule has 0 heterocycles. The fourth-order valence-electron chi connectivity index (χ4n) is 1.71. The maximum absolute atomic E-state index is 11.8. The molecule has 0 saturated carbocycles. The van der Waals surface area contributed by atoms with Crippen LogP contribution in [0.25, 0.3) is 0 Å². The summed E-state index contributed by atoms with van der Waals surface area (Å²) in [5.41, 5.74) is 1.15. The second kappa shape index (κ2) is 7.41. The van der Waals surface area contributed by atoms with E-state index in [1.165, 1.54) is 0 Å². The van der Waals surface area contributed by atoms with Gasteiger partial charge in [-0.15, -0.1) is 0 Å². The molecular weight excluding hydrogens is 246 g/mol. The standard InChI is InChI=1S/C14H19NO4/c1-10-6-7-11(12(16)9-10)14(19)15-8-4-2-3-5-13(17)18/h6-7,9,16H,2-5,8H2,1H3,(H,15,19)(H,17,18). The van der Waals surface area contributed by atoms with Gasteiger partial charge in [0.1, 0.15) is 5.75 Å². The van der Waals surface area contributed by atoms with Crippen molar-refractivity contribution < 1.29 is 19.8 Å². The molecule has 0 aliphatic heterocycles. The quantitative estimate of drug-likeness (QED) is 0.659. The lowest BCUT2D eigenvalue weighted by atomic mass is 10.1. The van der Waals surface area contributed by atoms with Gasteiger partial charge in [0.2, 0.25) is 0 Å². The van der Waals surface area contributed by atoms with E-state index in [0.29, 0.717) is 13.0 Å². The topological polar surface area (TPSA) is 86.6 Å². The molecule has 1 rings (SSSR count). The summed E-state index contributed by atoms with van der Waals surface area (Å²) in [5, 5.41) is 20.8. The molecule has 1 amide bonds. The fourth-order valence-corrected chi connectivity index (χ4v) is 1.71. The summed E-state index contributed by atoms with van der Waals surface area (Å²) in [6, 6.07) is 4.90. The lowest BCUT2D eigenvalue weighted by Gasteiger charge is -2.07. The van der Waals surface area contributed by atoms with Crippen molar-refractivity contribution in [3.8, 4) is 5.75 Å². The zero-order valence-electron chi connectivity index (χ0n) is 11.0. The molecule has 0 spiro atoms. The van der Waals surface area contributed by atoms with Gasteiger partial charge in [0.25, 0.3) is 5.91 Å². The van der Waals surface area contributed by atoms with Crippen LogP contribution in [0.15, 0.2) is 18.2 Å². The highest BCUT2D eigenvalue weighted by molar-refractivity contribution is 5.96. The molecule has 0 radical (unpaired) electrons. The number of nitrogens with one attached hydrogen (secondary N) is 1. The van der Waals surface area contributed by atoms with E-state index in [-0.39, 0.29) is 23.6 Å². The molecule has 0 unspecified atom stereocenters. The molecule has 0 bridgehead atoms. The van der Waals surface area contributed by atoms with Gasteiger partial charge >= 0.3 is 5.97 Å². The normalized spacial score (nSPS) is 10.2. The molecule has 0 aromatic heterocycles. The summed E-state index contributed by atoms with van der Waals surface area (Å²) in [4.78, 5) is 22.0. The maximum atomic E-state index is 11.8. The van der Waals surface area contributed by atoms with Crippen molar-refractivity contribution in [1.82, 2.24) is 5.32 Å². The van der Waals surface area contributed by atoms with Crippen molar-refractivity contribution in [3.63, 3.8) is 0 Å². The third-order valence-electron chi connectivity index (χ3n) is 2.75. The van der Waals surface area contributed by atoms with Gasteiger partial charge in [-0.25, -0.2) is 0 Å². The van der Waals surface area contributed by atoms with E-state index < -0.39 is 5.97 Å². The van der Waals surface area contributed by atoms with Gasteiger partial charge < -0.3 is 15.5 Å². The van der Waals surface area contributed by atoms with Gasteiger partial charge in [0.15, 0.2) is 0 Å². The number of hydrogen-bond donors (Lipinski definition) is 3. The molecule has 5 heteroatoms. The number of phenolic OH excluding ortho intramolecular Hbond substituents is 1. The van der Waals surface area contributed by atoms with Crippen molar-refractivity contribution in [2.75, 3.05) is 6.54 Å². The molecule has 0 fully saturated rings. The smallest absolute Gasteiger partial charge is 0.303 e. The van der Waals surface area contributed by atoms with Gasteiger partial charge in [-0.05, 0) is 37.5 Å². The second-order valence-electron chi connectivity index (χ2n) is 4.48. The number of carboxylic acids is 1. The van der Waals surface area contributed by atoms with E-state index in [9.17, 15) is 14.7 Å². The Morgan fingerprint density at radius 2 is 1.95 bits per heavy atom. The van der Waals surface area contributed by atoms with E-state index in [0.717, 1.165) is 18.4 Å². The number of carboxylic acid groups (broad SMARTS) is 1. The van der Waals surface area contributed by atoms with Crippen LogP contribution in [0.1, 0.15) is 41.6 Å². The Hall–Kier alpha value is -2.04.